The number of hydrogen-bond acceptors (Lipinski definition) is 3. The highest BCUT2D eigenvalue weighted by molar-refractivity contribution is 5.69. The SMILES string of the molecule is CC(=O)Oc1ccccc1[C@@H]1CCC[C@H]1O. The molecule has 1 fully saturated rings. The first-order valence-electron chi connectivity index (χ1n) is 5.64. The van der Waals surface area contributed by atoms with Gasteiger partial charge >= 0.3 is 5.97 Å². The molecule has 16 heavy (non-hydrogen) atoms. The zero-order valence-corrected chi connectivity index (χ0v) is 9.35. The summed E-state index contributed by atoms with van der Waals surface area (Å²) in [5.41, 5.74) is 0.947. The van der Waals surface area contributed by atoms with Crippen molar-refractivity contribution in [2.75, 3.05) is 0 Å². The Morgan fingerprint density at radius 1 is 1.38 bits per heavy atom. The van der Waals surface area contributed by atoms with E-state index in [-0.39, 0.29) is 18.0 Å². The normalized spacial score (nSPS) is 24.4. The average Bonchev–Trinajstić information content (AvgIpc) is 2.64. The third kappa shape index (κ3) is 2.25. The van der Waals surface area contributed by atoms with E-state index in [9.17, 15) is 9.90 Å². The maximum atomic E-state index is 11.0. The summed E-state index contributed by atoms with van der Waals surface area (Å²) >= 11 is 0. The number of carbonyl (C=O) groups excluding carboxylic acids is 1. The summed E-state index contributed by atoms with van der Waals surface area (Å²) in [5.74, 6) is 0.372. The van der Waals surface area contributed by atoms with Gasteiger partial charge in [-0.3, -0.25) is 4.79 Å². The Bertz CT molecular complexity index is 387. The minimum Gasteiger partial charge on any atom is -0.426 e. The predicted molar refractivity (Wildman–Crippen MR) is 60.3 cm³/mol. The molecule has 0 spiro atoms. The average molecular weight is 220 g/mol. The molecule has 86 valence electrons. The van der Waals surface area contributed by atoms with Crippen LogP contribution in [0.1, 0.15) is 37.7 Å². The molecule has 1 aliphatic carbocycles. The number of benzene rings is 1. The molecular weight excluding hydrogens is 204 g/mol. The Kier molecular flexibility index (Phi) is 3.25. The van der Waals surface area contributed by atoms with Gasteiger partial charge in [-0.25, -0.2) is 0 Å². The fraction of sp³-hybridized carbons (Fsp3) is 0.462. The molecule has 0 heterocycles. The van der Waals surface area contributed by atoms with E-state index in [4.69, 9.17) is 4.74 Å². The lowest BCUT2D eigenvalue weighted by molar-refractivity contribution is -0.131. The third-order valence-electron chi connectivity index (χ3n) is 3.05. The van der Waals surface area contributed by atoms with E-state index in [0.717, 1.165) is 24.8 Å². The number of ether oxygens (including phenoxy) is 1. The molecule has 1 N–H and O–H groups in total. The Balaban J connectivity index is 2.28. The fourth-order valence-electron chi connectivity index (χ4n) is 2.34. The van der Waals surface area contributed by atoms with Gasteiger partial charge < -0.3 is 9.84 Å². The molecule has 1 aromatic carbocycles. The number of aliphatic hydroxyl groups is 1. The fourth-order valence-corrected chi connectivity index (χ4v) is 2.34. The van der Waals surface area contributed by atoms with Crippen LogP contribution in [0.2, 0.25) is 0 Å². The van der Waals surface area contributed by atoms with Crippen LogP contribution in [-0.4, -0.2) is 17.2 Å². The standard InChI is InChI=1S/C13H16O3/c1-9(14)16-13-8-3-2-5-11(13)10-6-4-7-12(10)15/h2-3,5,8,10,12,15H,4,6-7H2,1H3/t10-,12+/m0/s1. The van der Waals surface area contributed by atoms with Crippen LogP contribution < -0.4 is 4.74 Å². The van der Waals surface area contributed by atoms with Crippen molar-refractivity contribution in [3.05, 3.63) is 29.8 Å². The summed E-state index contributed by atoms with van der Waals surface area (Å²) in [5, 5.41) is 9.86. The molecule has 2 rings (SSSR count). The van der Waals surface area contributed by atoms with Gasteiger partial charge in [-0.05, 0) is 18.9 Å². The number of esters is 1. The number of carbonyl (C=O) groups is 1. The molecule has 0 radical (unpaired) electrons. The summed E-state index contributed by atoms with van der Waals surface area (Å²) in [6.45, 7) is 1.39. The molecule has 3 nitrogen and oxygen atoms in total. The van der Waals surface area contributed by atoms with Gasteiger partial charge in [0.1, 0.15) is 5.75 Å². The highest BCUT2D eigenvalue weighted by atomic mass is 16.5. The highest BCUT2D eigenvalue weighted by Gasteiger charge is 2.29. The highest BCUT2D eigenvalue weighted by Crippen LogP contribution is 2.38. The Labute approximate surface area is 95.0 Å². The number of hydrogen-bond donors (Lipinski definition) is 1. The Morgan fingerprint density at radius 2 is 2.12 bits per heavy atom. The van der Waals surface area contributed by atoms with Crippen LogP contribution in [0.5, 0.6) is 5.75 Å². The van der Waals surface area contributed by atoms with E-state index < -0.39 is 0 Å². The molecule has 0 bridgehead atoms. The number of para-hydroxylation sites is 1. The first-order chi connectivity index (χ1) is 7.68. The smallest absolute Gasteiger partial charge is 0.308 e. The quantitative estimate of drug-likeness (QED) is 0.614. The molecule has 2 atom stereocenters. The lowest BCUT2D eigenvalue weighted by atomic mass is 9.95. The lowest BCUT2D eigenvalue weighted by Crippen LogP contribution is -2.13. The van der Waals surface area contributed by atoms with E-state index in [1.807, 2.05) is 18.2 Å². The second-order valence-corrected chi connectivity index (χ2v) is 4.24. The van der Waals surface area contributed by atoms with Crippen LogP contribution >= 0.6 is 0 Å². The van der Waals surface area contributed by atoms with E-state index in [2.05, 4.69) is 0 Å². The minimum absolute atomic E-state index is 0.107. The summed E-state index contributed by atoms with van der Waals surface area (Å²) in [6, 6.07) is 7.45. The Hall–Kier alpha value is -1.35. The van der Waals surface area contributed by atoms with Gasteiger partial charge in [0.25, 0.3) is 0 Å². The van der Waals surface area contributed by atoms with Crippen molar-refractivity contribution in [3.63, 3.8) is 0 Å². The van der Waals surface area contributed by atoms with Gasteiger partial charge in [0.2, 0.25) is 0 Å². The molecule has 3 heteroatoms. The molecule has 1 aromatic rings. The lowest BCUT2D eigenvalue weighted by Gasteiger charge is -2.17. The number of rotatable bonds is 2. The molecule has 0 amide bonds. The van der Waals surface area contributed by atoms with Crippen molar-refractivity contribution in [2.24, 2.45) is 0 Å². The third-order valence-corrected chi connectivity index (χ3v) is 3.05. The van der Waals surface area contributed by atoms with Crippen molar-refractivity contribution in [3.8, 4) is 5.75 Å². The largest absolute Gasteiger partial charge is 0.426 e. The summed E-state index contributed by atoms with van der Waals surface area (Å²) < 4.78 is 5.16. The van der Waals surface area contributed by atoms with E-state index in [1.165, 1.54) is 6.92 Å². The van der Waals surface area contributed by atoms with Gasteiger partial charge in [0.15, 0.2) is 0 Å². The van der Waals surface area contributed by atoms with Crippen LogP contribution in [0.25, 0.3) is 0 Å². The van der Waals surface area contributed by atoms with Crippen molar-refractivity contribution < 1.29 is 14.6 Å². The van der Waals surface area contributed by atoms with Crippen LogP contribution in [0.3, 0.4) is 0 Å². The van der Waals surface area contributed by atoms with Gasteiger partial charge in [-0.15, -0.1) is 0 Å². The second-order valence-electron chi connectivity index (χ2n) is 4.24. The number of aliphatic hydroxyl groups excluding tert-OH is 1. The predicted octanol–water partition coefficient (Wildman–Crippen LogP) is 2.24. The molecular formula is C13H16O3. The molecule has 1 saturated carbocycles. The van der Waals surface area contributed by atoms with Gasteiger partial charge in [-0.2, -0.15) is 0 Å². The molecule has 0 unspecified atom stereocenters. The first kappa shape index (κ1) is 11.1. The van der Waals surface area contributed by atoms with E-state index in [0.29, 0.717) is 5.75 Å². The zero-order chi connectivity index (χ0) is 11.5. The zero-order valence-electron chi connectivity index (χ0n) is 9.35. The molecule has 0 saturated heterocycles. The van der Waals surface area contributed by atoms with E-state index in [1.54, 1.807) is 6.07 Å². The van der Waals surface area contributed by atoms with Crippen LogP contribution in [-0.2, 0) is 4.79 Å². The topological polar surface area (TPSA) is 46.5 Å². The van der Waals surface area contributed by atoms with Crippen molar-refractivity contribution in [1.29, 1.82) is 0 Å². The van der Waals surface area contributed by atoms with Crippen molar-refractivity contribution in [2.45, 2.75) is 38.2 Å². The monoisotopic (exact) mass is 220 g/mol. The van der Waals surface area contributed by atoms with Gasteiger partial charge in [0.05, 0.1) is 6.10 Å². The maximum Gasteiger partial charge on any atom is 0.308 e. The summed E-state index contributed by atoms with van der Waals surface area (Å²) in [6.07, 6.45) is 2.51. The molecule has 0 aliphatic heterocycles. The van der Waals surface area contributed by atoms with Gasteiger partial charge in [0, 0.05) is 18.4 Å². The second kappa shape index (κ2) is 4.66. The Morgan fingerprint density at radius 3 is 2.75 bits per heavy atom. The van der Waals surface area contributed by atoms with Crippen LogP contribution in [0.4, 0.5) is 0 Å². The first-order valence-corrected chi connectivity index (χ1v) is 5.64. The van der Waals surface area contributed by atoms with Crippen molar-refractivity contribution >= 4 is 5.97 Å². The summed E-state index contributed by atoms with van der Waals surface area (Å²) in [7, 11) is 0. The molecule has 0 aromatic heterocycles. The van der Waals surface area contributed by atoms with Crippen LogP contribution in [0, 0.1) is 0 Å². The summed E-state index contributed by atoms with van der Waals surface area (Å²) in [4.78, 5) is 11.0. The van der Waals surface area contributed by atoms with Gasteiger partial charge in [-0.1, -0.05) is 24.6 Å². The van der Waals surface area contributed by atoms with E-state index >= 15 is 0 Å². The minimum atomic E-state index is -0.320. The molecule has 1 aliphatic rings. The van der Waals surface area contributed by atoms with Crippen LogP contribution in [0.15, 0.2) is 24.3 Å². The maximum absolute atomic E-state index is 11.0. The van der Waals surface area contributed by atoms with Crippen molar-refractivity contribution in [1.82, 2.24) is 0 Å².